The zero-order valence-electron chi connectivity index (χ0n) is 13.2. The monoisotopic (exact) mass is 388 g/mol. The first-order valence-electron chi connectivity index (χ1n) is 8.31. The van der Waals surface area contributed by atoms with Crippen molar-refractivity contribution in [1.82, 2.24) is 9.80 Å². The fourth-order valence-electron chi connectivity index (χ4n) is 3.67. The average molecular weight is 389 g/mol. The summed E-state index contributed by atoms with van der Waals surface area (Å²) in [5, 5.41) is 0. The van der Waals surface area contributed by atoms with E-state index in [0.29, 0.717) is 12.6 Å². The van der Waals surface area contributed by atoms with Crippen LogP contribution in [0.2, 0.25) is 0 Å². The maximum Gasteiger partial charge on any atom is 0.387 e. The third kappa shape index (κ3) is 4.64. The van der Waals surface area contributed by atoms with Crippen LogP contribution < -0.4 is 4.74 Å². The van der Waals surface area contributed by atoms with Crippen molar-refractivity contribution in [3.8, 4) is 5.75 Å². The number of benzene rings is 1. The molecule has 2 saturated heterocycles. The standard InChI is InChI=1S/C17H23BrF2N2O/c18-14-5-6-16(23-17(19)20)13(10-14)11-22-9-3-4-15(22)12-21-7-1-2-8-21/h5-6,10,15,17H,1-4,7-9,11-12H2. The quantitative estimate of drug-likeness (QED) is 0.729. The van der Waals surface area contributed by atoms with Crippen molar-refractivity contribution >= 4 is 15.9 Å². The Balaban J connectivity index is 1.68. The molecule has 0 radical (unpaired) electrons. The van der Waals surface area contributed by atoms with E-state index in [1.54, 1.807) is 12.1 Å². The predicted octanol–water partition coefficient (Wildman–Crippen LogP) is 4.11. The van der Waals surface area contributed by atoms with Gasteiger partial charge >= 0.3 is 6.61 Å². The molecule has 0 aliphatic carbocycles. The van der Waals surface area contributed by atoms with Crippen LogP contribution in [-0.4, -0.2) is 48.6 Å². The van der Waals surface area contributed by atoms with Crippen LogP contribution in [0, 0.1) is 0 Å². The minimum atomic E-state index is -2.78. The Labute approximate surface area is 144 Å². The Hall–Kier alpha value is -0.720. The summed E-state index contributed by atoms with van der Waals surface area (Å²) < 4.78 is 30.8. The fourth-order valence-corrected chi connectivity index (χ4v) is 4.08. The van der Waals surface area contributed by atoms with Crippen LogP contribution >= 0.6 is 15.9 Å². The third-order valence-corrected chi connectivity index (χ3v) is 5.27. The van der Waals surface area contributed by atoms with E-state index in [1.807, 2.05) is 6.07 Å². The Kier molecular flexibility index (Phi) is 5.88. The van der Waals surface area contributed by atoms with Crippen LogP contribution in [0.25, 0.3) is 0 Å². The molecule has 23 heavy (non-hydrogen) atoms. The molecule has 0 saturated carbocycles. The van der Waals surface area contributed by atoms with Crippen LogP contribution in [0.1, 0.15) is 31.2 Å². The summed E-state index contributed by atoms with van der Waals surface area (Å²) in [6.45, 7) is 2.40. The molecule has 2 heterocycles. The molecule has 1 aromatic rings. The van der Waals surface area contributed by atoms with Gasteiger partial charge in [-0.1, -0.05) is 15.9 Å². The molecule has 2 aliphatic rings. The van der Waals surface area contributed by atoms with Crippen LogP contribution in [0.4, 0.5) is 8.78 Å². The molecule has 0 N–H and O–H groups in total. The van der Waals surface area contributed by atoms with Crippen molar-refractivity contribution in [2.45, 2.75) is 44.9 Å². The molecular weight excluding hydrogens is 366 g/mol. The molecular formula is C17H23BrF2N2O. The van der Waals surface area contributed by atoms with Gasteiger partial charge in [0.05, 0.1) is 0 Å². The SMILES string of the molecule is FC(F)Oc1ccc(Br)cc1CN1CCCC1CN1CCCC1. The van der Waals surface area contributed by atoms with Crippen molar-refractivity contribution in [3.05, 3.63) is 28.2 Å². The number of alkyl halides is 2. The van der Waals surface area contributed by atoms with E-state index >= 15 is 0 Å². The number of halogens is 3. The first kappa shape index (κ1) is 17.1. The lowest BCUT2D eigenvalue weighted by Crippen LogP contribution is -2.39. The zero-order chi connectivity index (χ0) is 16.2. The second-order valence-corrected chi connectivity index (χ2v) is 7.32. The highest BCUT2D eigenvalue weighted by molar-refractivity contribution is 9.10. The number of hydrogen-bond acceptors (Lipinski definition) is 3. The summed E-state index contributed by atoms with van der Waals surface area (Å²) >= 11 is 3.43. The lowest BCUT2D eigenvalue weighted by atomic mass is 10.1. The maximum atomic E-state index is 12.6. The molecule has 0 aromatic heterocycles. The van der Waals surface area contributed by atoms with Crippen molar-refractivity contribution in [3.63, 3.8) is 0 Å². The zero-order valence-corrected chi connectivity index (χ0v) is 14.8. The van der Waals surface area contributed by atoms with E-state index in [9.17, 15) is 8.78 Å². The summed E-state index contributed by atoms with van der Waals surface area (Å²) in [6.07, 6.45) is 4.96. The second-order valence-electron chi connectivity index (χ2n) is 6.40. The highest BCUT2D eigenvalue weighted by Crippen LogP contribution is 2.29. The predicted molar refractivity (Wildman–Crippen MR) is 89.9 cm³/mol. The van der Waals surface area contributed by atoms with Gasteiger partial charge in [0.1, 0.15) is 5.75 Å². The van der Waals surface area contributed by atoms with Crippen molar-refractivity contribution in [2.24, 2.45) is 0 Å². The molecule has 0 amide bonds. The normalized spacial score (nSPS) is 23.0. The van der Waals surface area contributed by atoms with E-state index in [-0.39, 0.29) is 5.75 Å². The van der Waals surface area contributed by atoms with Gasteiger partial charge in [-0.3, -0.25) is 4.90 Å². The van der Waals surface area contributed by atoms with Gasteiger partial charge in [-0.05, 0) is 63.5 Å². The molecule has 128 valence electrons. The van der Waals surface area contributed by atoms with Gasteiger partial charge in [0.25, 0.3) is 0 Å². The Morgan fingerprint density at radius 3 is 2.70 bits per heavy atom. The molecule has 3 nitrogen and oxygen atoms in total. The summed E-state index contributed by atoms with van der Waals surface area (Å²) in [5.41, 5.74) is 0.827. The van der Waals surface area contributed by atoms with Crippen molar-refractivity contribution in [1.29, 1.82) is 0 Å². The Morgan fingerprint density at radius 2 is 1.96 bits per heavy atom. The van der Waals surface area contributed by atoms with Crippen LogP contribution in [-0.2, 0) is 6.54 Å². The van der Waals surface area contributed by atoms with E-state index in [1.165, 1.54) is 38.8 Å². The smallest absolute Gasteiger partial charge is 0.387 e. The van der Waals surface area contributed by atoms with Gasteiger partial charge in [-0.2, -0.15) is 8.78 Å². The molecule has 2 fully saturated rings. The van der Waals surface area contributed by atoms with Gasteiger partial charge in [-0.15, -0.1) is 0 Å². The van der Waals surface area contributed by atoms with Gasteiger partial charge in [-0.25, -0.2) is 0 Å². The largest absolute Gasteiger partial charge is 0.434 e. The number of hydrogen-bond donors (Lipinski definition) is 0. The molecule has 0 spiro atoms. The molecule has 1 atom stereocenters. The van der Waals surface area contributed by atoms with Crippen LogP contribution in [0.5, 0.6) is 5.75 Å². The van der Waals surface area contributed by atoms with E-state index < -0.39 is 6.61 Å². The molecule has 1 unspecified atom stereocenters. The molecule has 1 aromatic carbocycles. The van der Waals surface area contributed by atoms with Gasteiger partial charge in [0.2, 0.25) is 0 Å². The van der Waals surface area contributed by atoms with Crippen molar-refractivity contribution in [2.75, 3.05) is 26.2 Å². The van der Waals surface area contributed by atoms with Crippen LogP contribution in [0.3, 0.4) is 0 Å². The first-order valence-corrected chi connectivity index (χ1v) is 9.11. The number of ether oxygens (including phenoxy) is 1. The van der Waals surface area contributed by atoms with Crippen molar-refractivity contribution < 1.29 is 13.5 Å². The summed E-state index contributed by atoms with van der Waals surface area (Å²) in [5.74, 6) is 0.287. The number of likely N-dealkylation sites (tertiary alicyclic amines) is 2. The summed E-state index contributed by atoms with van der Waals surface area (Å²) in [6, 6.07) is 5.78. The number of rotatable bonds is 6. The first-order chi connectivity index (χ1) is 11.1. The molecule has 3 rings (SSSR count). The lowest BCUT2D eigenvalue weighted by Gasteiger charge is -2.29. The topological polar surface area (TPSA) is 15.7 Å². The third-order valence-electron chi connectivity index (χ3n) is 4.78. The number of nitrogens with zero attached hydrogens (tertiary/aromatic N) is 2. The van der Waals surface area contributed by atoms with E-state index in [4.69, 9.17) is 0 Å². The Bertz CT molecular complexity index is 523. The van der Waals surface area contributed by atoms with Gasteiger partial charge < -0.3 is 9.64 Å². The lowest BCUT2D eigenvalue weighted by molar-refractivity contribution is -0.0508. The molecule has 2 aliphatic heterocycles. The second kappa shape index (κ2) is 7.90. The highest BCUT2D eigenvalue weighted by atomic mass is 79.9. The molecule has 0 bridgehead atoms. The maximum absolute atomic E-state index is 12.6. The van der Waals surface area contributed by atoms with Gasteiger partial charge in [0.15, 0.2) is 0 Å². The minimum Gasteiger partial charge on any atom is -0.434 e. The summed E-state index contributed by atoms with van der Waals surface area (Å²) in [7, 11) is 0. The molecule has 6 heteroatoms. The van der Waals surface area contributed by atoms with Crippen LogP contribution in [0.15, 0.2) is 22.7 Å². The summed E-state index contributed by atoms with van der Waals surface area (Å²) in [4.78, 5) is 4.94. The van der Waals surface area contributed by atoms with E-state index in [0.717, 1.165) is 23.1 Å². The Morgan fingerprint density at radius 1 is 1.17 bits per heavy atom. The minimum absolute atomic E-state index is 0.287. The highest BCUT2D eigenvalue weighted by Gasteiger charge is 2.28. The fraction of sp³-hybridized carbons (Fsp3) is 0.647. The average Bonchev–Trinajstić information content (AvgIpc) is 3.15. The van der Waals surface area contributed by atoms with E-state index in [2.05, 4.69) is 30.5 Å². The van der Waals surface area contributed by atoms with Gasteiger partial charge in [0, 0.05) is 29.2 Å².